The van der Waals surface area contributed by atoms with E-state index in [9.17, 15) is 0 Å². The molecule has 2 rings (SSSR count). The van der Waals surface area contributed by atoms with Crippen LogP contribution in [0.15, 0.2) is 24.3 Å². The Bertz CT molecular complexity index is 466. The van der Waals surface area contributed by atoms with E-state index in [0.29, 0.717) is 5.84 Å². The third kappa shape index (κ3) is 2.43. The van der Waals surface area contributed by atoms with Crippen molar-refractivity contribution in [1.29, 1.82) is 5.41 Å². The Balaban J connectivity index is 2.25. The SMILES string of the molecule is CC(C)(C)CC(C)(C)N1Cc2ccccc2C1=N. The first kappa shape index (κ1) is 13.1. The molecule has 2 heteroatoms. The van der Waals surface area contributed by atoms with Gasteiger partial charge in [-0.15, -0.1) is 0 Å². The number of amidine groups is 1. The summed E-state index contributed by atoms with van der Waals surface area (Å²) in [6.45, 7) is 12.2. The Hall–Kier alpha value is -1.31. The molecule has 1 aliphatic rings. The van der Waals surface area contributed by atoms with E-state index in [1.165, 1.54) is 5.56 Å². The average Bonchev–Trinajstić information content (AvgIpc) is 2.54. The van der Waals surface area contributed by atoms with Crippen LogP contribution in [0.5, 0.6) is 0 Å². The van der Waals surface area contributed by atoms with Crippen LogP contribution < -0.4 is 0 Å². The van der Waals surface area contributed by atoms with Gasteiger partial charge in [-0.1, -0.05) is 45.0 Å². The number of hydrogen-bond donors (Lipinski definition) is 1. The molecule has 0 radical (unpaired) electrons. The minimum absolute atomic E-state index is 0.0222. The lowest BCUT2D eigenvalue weighted by Gasteiger charge is -2.41. The zero-order chi connectivity index (χ0) is 13.6. The van der Waals surface area contributed by atoms with Crippen molar-refractivity contribution >= 4 is 5.84 Å². The van der Waals surface area contributed by atoms with Crippen LogP contribution in [0, 0.1) is 10.8 Å². The molecular weight excluding hydrogens is 220 g/mol. The minimum atomic E-state index is 0.0222. The van der Waals surface area contributed by atoms with Crippen molar-refractivity contribution < 1.29 is 0 Å². The highest BCUT2D eigenvalue weighted by Gasteiger charge is 2.37. The van der Waals surface area contributed by atoms with E-state index in [-0.39, 0.29) is 11.0 Å². The molecule has 98 valence electrons. The lowest BCUT2D eigenvalue weighted by atomic mass is 9.81. The van der Waals surface area contributed by atoms with E-state index in [0.717, 1.165) is 18.5 Å². The number of nitrogens with zero attached hydrogens (tertiary/aromatic N) is 1. The molecule has 1 aliphatic heterocycles. The first-order chi connectivity index (χ1) is 8.21. The maximum absolute atomic E-state index is 8.38. The normalized spacial score (nSPS) is 16.1. The first-order valence-electron chi connectivity index (χ1n) is 6.65. The van der Waals surface area contributed by atoms with Crippen LogP contribution in [0.4, 0.5) is 0 Å². The van der Waals surface area contributed by atoms with Gasteiger partial charge in [0.2, 0.25) is 0 Å². The van der Waals surface area contributed by atoms with Crippen LogP contribution in [0.25, 0.3) is 0 Å². The summed E-state index contributed by atoms with van der Waals surface area (Å²) in [5.74, 6) is 0.680. The molecule has 0 bridgehead atoms. The highest BCUT2D eigenvalue weighted by molar-refractivity contribution is 6.00. The maximum Gasteiger partial charge on any atom is 0.129 e. The van der Waals surface area contributed by atoms with Crippen molar-refractivity contribution in [2.75, 3.05) is 0 Å². The Morgan fingerprint density at radius 3 is 2.28 bits per heavy atom. The Morgan fingerprint density at radius 2 is 1.72 bits per heavy atom. The van der Waals surface area contributed by atoms with Crippen molar-refractivity contribution in [3.05, 3.63) is 35.4 Å². The number of fused-ring (bicyclic) bond motifs is 1. The second kappa shape index (κ2) is 4.11. The molecule has 0 saturated heterocycles. The van der Waals surface area contributed by atoms with Gasteiger partial charge in [-0.3, -0.25) is 5.41 Å². The van der Waals surface area contributed by atoms with Crippen molar-refractivity contribution in [2.24, 2.45) is 5.41 Å². The molecule has 1 N–H and O–H groups in total. The fraction of sp³-hybridized carbons (Fsp3) is 0.562. The molecule has 0 saturated carbocycles. The molecule has 0 spiro atoms. The third-order valence-corrected chi connectivity index (χ3v) is 3.56. The molecule has 0 atom stereocenters. The molecule has 0 unspecified atom stereocenters. The quantitative estimate of drug-likeness (QED) is 0.835. The molecule has 0 aromatic heterocycles. The summed E-state index contributed by atoms with van der Waals surface area (Å²) in [4.78, 5) is 2.24. The lowest BCUT2D eigenvalue weighted by Crippen LogP contribution is -2.46. The average molecular weight is 244 g/mol. The highest BCUT2D eigenvalue weighted by atomic mass is 15.2. The molecule has 2 nitrogen and oxygen atoms in total. The zero-order valence-electron chi connectivity index (χ0n) is 12.2. The van der Waals surface area contributed by atoms with Gasteiger partial charge in [-0.25, -0.2) is 0 Å². The van der Waals surface area contributed by atoms with Gasteiger partial charge in [0.25, 0.3) is 0 Å². The van der Waals surface area contributed by atoms with E-state index in [2.05, 4.69) is 57.7 Å². The van der Waals surface area contributed by atoms with Crippen LogP contribution >= 0.6 is 0 Å². The molecule has 1 aromatic rings. The standard InChI is InChI=1S/C16H24N2/c1-15(2,3)11-16(4,5)18-10-12-8-6-7-9-13(12)14(18)17/h6-9,17H,10-11H2,1-5H3. The first-order valence-corrected chi connectivity index (χ1v) is 6.65. The summed E-state index contributed by atoms with van der Waals surface area (Å²) in [5.41, 5.74) is 2.68. The van der Waals surface area contributed by atoms with Gasteiger partial charge < -0.3 is 4.90 Å². The largest absolute Gasteiger partial charge is 0.347 e. The van der Waals surface area contributed by atoms with Crippen LogP contribution in [0.2, 0.25) is 0 Å². The molecule has 1 heterocycles. The predicted octanol–water partition coefficient (Wildman–Crippen LogP) is 4.04. The van der Waals surface area contributed by atoms with E-state index in [4.69, 9.17) is 5.41 Å². The smallest absolute Gasteiger partial charge is 0.129 e. The number of nitrogens with one attached hydrogen (secondary N) is 1. The minimum Gasteiger partial charge on any atom is -0.347 e. The molecule has 0 aliphatic carbocycles. The second-order valence-electron chi connectivity index (χ2n) is 7.14. The van der Waals surface area contributed by atoms with Crippen LogP contribution in [-0.4, -0.2) is 16.3 Å². The van der Waals surface area contributed by atoms with Gasteiger partial charge >= 0.3 is 0 Å². The van der Waals surface area contributed by atoms with Crippen molar-refractivity contribution in [1.82, 2.24) is 4.90 Å². The van der Waals surface area contributed by atoms with E-state index < -0.39 is 0 Å². The number of rotatable bonds is 2. The summed E-state index contributed by atoms with van der Waals surface area (Å²) in [5, 5.41) is 8.38. The third-order valence-electron chi connectivity index (χ3n) is 3.56. The van der Waals surface area contributed by atoms with Crippen molar-refractivity contribution in [3.63, 3.8) is 0 Å². The topological polar surface area (TPSA) is 27.1 Å². The zero-order valence-corrected chi connectivity index (χ0v) is 12.2. The van der Waals surface area contributed by atoms with Gasteiger partial charge in [0, 0.05) is 17.6 Å². The Kier molecular flexibility index (Phi) is 3.00. The van der Waals surface area contributed by atoms with Gasteiger partial charge in [0.05, 0.1) is 0 Å². The van der Waals surface area contributed by atoms with Crippen LogP contribution in [0.3, 0.4) is 0 Å². The van der Waals surface area contributed by atoms with E-state index in [1.807, 2.05) is 6.07 Å². The fourth-order valence-corrected chi connectivity index (χ4v) is 3.19. The van der Waals surface area contributed by atoms with E-state index >= 15 is 0 Å². The monoisotopic (exact) mass is 244 g/mol. The van der Waals surface area contributed by atoms with E-state index in [1.54, 1.807) is 0 Å². The van der Waals surface area contributed by atoms with Crippen molar-refractivity contribution in [2.45, 2.75) is 53.1 Å². The summed E-state index contributed by atoms with van der Waals surface area (Å²) in [6, 6.07) is 8.28. The van der Waals surface area contributed by atoms with Gasteiger partial charge in [-0.2, -0.15) is 0 Å². The van der Waals surface area contributed by atoms with Crippen molar-refractivity contribution in [3.8, 4) is 0 Å². The van der Waals surface area contributed by atoms with Crippen LogP contribution in [0.1, 0.15) is 52.2 Å². The van der Waals surface area contributed by atoms with Gasteiger partial charge in [0.15, 0.2) is 0 Å². The maximum atomic E-state index is 8.38. The Labute approximate surface area is 111 Å². The predicted molar refractivity (Wildman–Crippen MR) is 77.0 cm³/mol. The van der Waals surface area contributed by atoms with Gasteiger partial charge in [0.1, 0.15) is 5.84 Å². The fourth-order valence-electron chi connectivity index (χ4n) is 3.19. The molecular formula is C16H24N2. The summed E-state index contributed by atoms with van der Waals surface area (Å²) >= 11 is 0. The van der Waals surface area contributed by atoms with Gasteiger partial charge in [-0.05, 0) is 31.2 Å². The summed E-state index contributed by atoms with van der Waals surface area (Å²) in [6.07, 6.45) is 1.08. The summed E-state index contributed by atoms with van der Waals surface area (Å²) in [7, 11) is 0. The Morgan fingerprint density at radius 1 is 1.11 bits per heavy atom. The lowest BCUT2D eigenvalue weighted by molar-refractivity contribution is 0.143. The number of hydrogen-bond acceptors (Lipinski definition) is 1. The molecule has 0 amide bonds. The molecule has 0 fully saturated rings. The second-order valence-corrected chi connectivity index (χ2v) is 7.14. The number of benzene rings is 1. The summed E-state index contributed by atoms with van der Waals surface area (Å²) < 4.78 is 0. The van der Waals surface area contributed by atoms with Crippen LogP contribution in [-0.2, 0) is 6.54 Å². The molecule has 18 heavy (non-hydrogen) atoms. The highest BCUT2D eigenvalue weighted by Crippen LogP contribution is 2.36. The molecule has 1 aromatic carbocycles.